The number of nitrogens with zero attached hydrogens (tertiary/aromatic N) is 2. The molecule has 5 rings (SSSR count). The first-order valence-corrected chi connectivity index (χ1v) is 12.5. The van der Waals surface area contributed by atoms with Gasteiger partial charge in [0.1, 0.15) is 41.6 Å². The van der Waals surface area contributed by atoms with E-state index in [2.05, 4.69) is 10.2 Å². The molecule has 0 saturated carbocycles. The minimum absolute atomic E-state index is 0.0387. The molecule has 2 aromatic carbocycles. The van der Waals surface area contributed by atoms with Crippen LogP contribution >= 0.6 is 22.9 Å². The van der Waals surface area contributed by atoms with Crippen molar-refractivity contribution in [2.75, 3.05) is 6.61 Å². The quantitative estimate of drug-likeness (QED) is 0.394. The van der Waals surface area contributed by atoms with E-state index in [1.165, 1.54) is 11.3 Å². The Morgan fingerprint density at radius 3 is 2.54 bits per heavy atom. The van der Waals surface area contributed by atoms with Crippen LogP contribution < -0.4 is 0 Å². The molecule has 0 amide bonds. The lowest BCUT2D eigenvalue weighted by molar-refractivity contribution is -0.231. The molecule has 1 saturated heterocycles. The molecule has 1 aromatic heterocycles. The Balaban J connectivity index is 1.31. The average molecular weight is 517 g/mol. The lowest BCUT2D eigenvalue weighted by Crippen LogP contribution is -2.55. The minimum atomic E-state index is -1.45. The maximum Gasteiger partial charge on any atom is 0.182 e. The molecule has 1 unspecified atom stereocenters. The van der Waals surface area contributed by atoms with E-state index in [0.29, 0.717) is 27.8 Å². The summed E-state index contributed by atoms with van der Waals surface area (Å²) in [5, 5.41) is 50.6. The third kappa shape index (κ3) is 4.99. The Bertz CT molecular complexity index is 1200. The molecule has 2 aliphatic heterocycles. The maximum atomic E-state index is 10.5. The molecule has 6 atom stereocenters. The molecule has 0 bridgehead atoms. The first-order valence-electron chi connectivity index (χ1n) is 11.3. The fourth-order valence-corrected chi connectivity index (χ4v) is 5.38. The van der Waals surface area contributed by atoms with E-state index in [0.717, 1.165) is 22.6 Å². The van der Waals surface area contributed by atoms with Crippen molar-refractivity contribution in [3.8, 4) is 0 Å². The van der Waals surface area contributed by atoms with Gasteiger partial charge in [0.15, 0.2) is 10.8 Å². The lowest BCUT2D eigenvalue weighted by Gasteiger charge is -2.40. The highest BCUT2D eigenvalue weighted by molar-refractivity contribution is 7.12. The summed E-state index contributed by atoms with van der Waals surface area (Å²) in [5.74, 6) is 0.712. The summed E-state index contributed by atoms with van der Waals surface area (Å²) in [4.78, 5) is 0. The van der Waals surface area contributed by atoms with Crippen LogP contribution in [0.3, 0.4) is 0 Å². The second-order valence-electron chi connectivity index (χ2n) is 8.60. The fourth-order valence-electron chi connectivity index (χ4n) is 4.34. The van der Waals surface area contributed by atoms with E-state index in [1.54, 1.807) is 18.2 Å². The van der Waals surface area contributed by atoms with Crippen molar-refractivity contribution >= 4 is 28.7 Å². The van der Waals surface area contributed by atoms with Gasteiger partial charge in [-0.3, -0.25) is 0 Å². The van der Waals surface area contributed by atoms with Gasteiger partial charge in [-0.25, -0.2) is 0 Å². The van der Waals surface area contributed by atoms with Crippen molar-refractivity contribution in [2.45, 2.75) is 49.5 Å². The molecular weight excluding hydrogens is 492 g/mol. The lowest BCUT2D eigenvalue weighted by atomic mass is 9.90. The number of rotatable bonds is 6. The van der Waals surface area contributed by atoms with Crippen molar-refractivity contribution in [2.24, 2.45) is 0 Å². The number of aliphatic hydroxyl groups excluding tert-OH is 4. The first-order chi connectivity index (χ1) is 16.9. The summed E-state index contributed by atoms with van der Waals surface area (Å²) in [6.07, 6.45) is -2.99. The van der Waals surface area contributed by atoms with E-state index in [4.69, 9.17) is 21.1 Å². The topological polar surface area (TPSA) is 125 Å². The normalized spacial score (nSPS) is 28.5. The molecule has 1 fully saturated rings. The van der Waals surface area contributed by atoms with Crippen LogP contribution in [-0.4, -0.2) is 61.6 Å². The summed E-state index contributed by atoms with van der Waals surface area (Å²) < 4.78 is 11.8. The smallest absolute Gasteiger partial charge is 0.182 e. The predicted molar refractivity (Wildman–Crippen MR) is 130 cm³/mol. The van der Waals surface area contributed by atoms with Crippen LogP contribution in [0.1, 0.15) is 45.3 Å². The second-order valence-corrected chi connectivity index (χ2v) is 10.1. The summed E-state index contributed by atoms with van der Waals surface area (Å²) in [5.41, 5.74) is 2.42. The van der Waals surface area contributed by atoms with Gasteiger partial charge in [0.2, 0.25) is 0 Å². The molecule has 4 N–H and O–H groups in total. The van der Waals surface area contributed by atoms with Gasteiger partial charge in [0.05, 0.1) is 6.61 Å². The summed E-state index contributed by atoms with van der Waals surface area (Å²) in [7, 11) is 0. The number of aliphatic hydroxyl groups is 4. The van der Waals surface area contributed by atoms with Crippen LogP contribution in [-0.2, 0) is 15.9 Å². The molecular formula is C25H25ClN2O6S. The van der Waals surface area contributed by atoms with Crippen molar-refractivity contribution in [1.29, 1.82) is 0 Å². The van der Waals surface area contributed by atoms with Crippen LogP contribution in [0.25, 0.3) is 5.76 Å². The van der Waals surface area contributed by atoms with E-state index in [9.17, 15) is 20.4 Å². The highest BCUT2D eigenvalue weighted by atomic mass is 35.5. The van der Waals surface area contributed by atoms with Crippen molar-refractivity contribution in [1.82, 2.24) is 10.2 Å². The number of ether oxygens (including phenoxy) is 2. The van der Waals surface area contributed by atoms with Crippen LogP contribution in [0.5, 0.6) is 0 Å². The van der Waals surface area contributed by atoms with E-state index in [1.807, 2.05) is 36.4 Å². The van der Waals surface area contributed by atoms with Crippen molar-refractivity contribution in [3.63, 3.8) is 0 Å². The van der Waals surface area contributed by atoms with Crippen LogP contribution in [0, 0.1) is 0 Å². The Morgan fingerprint density at radius 2 is 1.77 bits per heavy atom. The third-order valence-electron chi connectivity index (χ3n) is 6.27. The standard InChI is InChI=1S/C25H25ClN2O6S/c26-16-7-6-14(24-23(32)22(31)21(30)19(12-29)34-24)10-15(16)11-20-27-28-25(35-20)18-9-8-17(33-18)13-4-2-1-3-5-13/h1-7,9-10,17,19,21-24,29-32H,8,11-12H2/t17?,19-,21-,22+,23-,24+/m1/s1. The van der Waals surface area contributed by atoms with E-state index < -0.39 is 37.1 Å². The van der Waals surface area contributed by atoms with E-state index >= 15 is 0 Å². The number of halogens is 1. The zero-order valence-electron chi connectivity index (χ0n) is 18.6. The van der Waals surface area contributed by atoms with Crippen molar-refractivity contribution in [3.05, 3.63) is 86.3 Å². The Morgan fingerprint density at radius 1 is 0.971 bits per heavy atom. The fraction of sp³-hybridized carbons (Fsp3) is 0.360. The predicted octanol–water partition coefficient (Wildman–Crippen LogP) is 2.80. The first kappa shape index (κ1) is 24.3. The van der Waals surface area contributed by atoms with Gasteiger partial charge in [-0.1, -0.05) is 65.4 Å². The number of hydrogen-bond acceptors (Lipinski definition) is 9. The molecule has 0 spiro atoms. The van der Waals surface area contributed by atoms with Crippen LogP contribution in [0.4, 0.5) is 0 Å². The molecule has 184 valence electrons. The summed E-state index contributed by atoms with van der Waals surface area (Å²) in [6, 6.07) is 15.2. The highest BCUT2D eigenvalue weighted by Crippen LogP contribution is 2.38. The van der Waals surface area contributed by atoms with Gasteiger partial charge < -0.3 is 29.9 Å². The molecule has 0 aliphatic carbocycles. The maximum absolute atomic E-state index is 10.5. The van der Waals surface area contributed by atoms with Gasteiger partial charge in [-0.05, 0) is 28.8 Å². The molecule has 2 aliphatic rings. The van der Waals surface area contributed by atoms with Gasteiger partial charge >= 0.3 is 0 Å². The third-order valence-corrected chi connectivity index (χ3v) is 7.57. The van der Waals surface area contributed by atoms with Gasteiger partial charge in [0.25, 0.3) is 0 Å². The molecule has 3 heterocycles. The molecule has 0 radical (unpaired) electrons. The zero-order valence-corrected chi connectivity index (χ0v) is 20.1. The number of benzene rings is 2. The Hall–Kier alpha value is -2.37. The summed E-state index contributed by atoms with van der Waals surface area (Å²) >= 11 is 7.85. The van der Waals surface area contributed by atoms with E-state index in [-0.39, 0.29) is 6.10 Å². The van der Waals surface area contributed by atoms with Crippen LogP contribution in [0.2, 0.25) is 5.02 Å². The summed E-state index contributed by atoms with van der Waals surface area (Å²) in [6.45, 7) is -0.488. The number of aromatic nitrogens is 2. The molecule has 8 nitrogen and oxygen atoms in total. The van der Waals surface area contributed by atoms with Gasteiger partial charge in [-0.15, -0.1) is 10.2 Å². The van der Waals surface area contributed by atoms with Gasteiger partial charge in [-0.2, -0.15) is 0 Å². The second kappa shape index (κ2) is 10.3. The Kier molecular flexibility index (Phi) is 7.17. The zero-order chi connectivity index (χ0) is 24.5. The molecule has 10 heteroatoms. The highest BCUT2D eigenvalue weighted by Gasteiger charge is 2.44. The Labute approximate surface area is 211 Å². The molecule has 3 aromatic rings. The largest absolute Gasteiger partial charge is 0.483 e. The molecule has 35 heavy (non-hydrogen) atoms. The number of hydrogen-bond donors (Lipinski definition) is 4. The van der Waals surface area contributed by atoms with Crippen molar-refractivity contribution < 1.29 is 29.9 Å². The monoisotopic (exact) mass is 516 g/mol. The van der Waals surface area contributed by atoms with Crippen LogP contribution in [0.15, 0.2) is 54.6 Å². The average Bonchev–Trinajstić information content (AvgIpc) is 3.55. The van der Waals surface area contributed by atoms with Gasteiger partial charge in [0, 0.05) is 17.9 Å². The SMILES string of the molecule is OC[C@H]1O[C@@H](c2ccc(Cl)c(Cc3nnc(C4=CCC(c5ccccc5)O4)s3)c2)[C@H](O)[C@@H](O)[C@@H]1O. The minimum Gasteiger partial charge on any atom is -0.483 e.